The van der Waals surface area contributed by atoms with Crippen molar-refractivity contribution < 1.29 is 0 Å². The number of hydrogen-bond acceptors (Lipinski definition) is 0. The summed E-state index contributed by atoms with van der Waals surface area (Å²) in [4.78, 5) is 0.583. The average Bonchev–Trinajstić information content (AvgIpc) is 2.07. The van der Waals surface area contributed by atoms with Crippen LogP contribution in [-0.2, 0) is 6.42 Å². The molecule has 0 N–H and O–H groups in total. The van der Waals surface area contributed by atoms with Gasteiger partial charge in [0.1, 0.15) is 0 Å². The quantitative estimate of drug-likeness (QED) is 0.699. The Hall–Kier alpha value is -0.0100. The van der Waals surface area contributed by atoms with Crippen LogP contribution in [0.2, 0.25) is 5.02 Å². The van der Waals surface area contributed by atoms with Gasteiger partial charge in [-0.1, -0.05) is 59.6 Å². The summed E-state index contributed by atoms with van der Waals surface area (Å²) in [5.41, 5.74) is 1.26. The van der Waals surface area contributed by atoms with Gasteiger partial charge < -0.3 is 0 Å². The van der Waals surface area contributed by atoms with Gasteiger partial charge in [0.25, 0.3) is 0 Å². The van der Waals surface area contributed by atoms with E-state index >= 15 is 0 Å². The van der Waals surface area contributed by atoms with Crippen molar-refractivity contribution in [2.24, 2.45) is 5.92 Å². The summed E-state index contributed by atoms with van der Waals surface area (Å²) in [5.74, 6) is 0.671. The monoisotopic (exact) mass is 274 g/mol. The summed E-state index contributed by atoms with van der Waals surface area (Å²) in [5, 5.41) is 0.890. The van der Waals surface area contributed by atoms with Crippen molar-refractivity contribution in [2.75, 3.05) is 0 Å². The zero-order valence-electron chi connectivity index (χ0n) is 8.63. The van der Waals surface area contributed by atoms with E-state index in [4.69, 9.17) is 11.6 Å². The molecule has 14 heavy (non-hydrogen) atoms. The van der Waals surface area contributed by atoms with Gasteiger partial charge in [-0.25, -0.2) is 0 Å². The molecule has 1 aromatic carbocycles. The lowest BCUT2D eigenvalue weighted by Crippen LogP contribution is -2.05. The van der Waals surface area contributed by atoms with E-state index in [1.165, 1.54) is 12.0 Å². The van der Waals surface area contributed by atoms with Gasteiger partial charge in [0.05, 0.1) is 0 Å². The van der Waals surface area contributed by atoms with E-state index in [0.717, 1.165) is 11.4 Å². The summed E-state index contributed by atoms with van der Waals surface area (Å²) >= 11 is 9.67. The summed E-state index contributed by atoms with van der Waals surface area (Å²) in [6.07, 6.45) is 2.25. The Morgan fingerprint density at radius 3 is 2.50 bits per heavy atom. The van der Waals surface area contributed by atoms with Gasteiger partial charge in [-0.05, 0) is 30.4 Å². The molecule has 0 heterocycles. The number of hydrogen-bond donors (Lipinski definition) is 0. The molecule has 0 radical (unpaired) electrons. The molecule has 1 rings (SSSR count). The van der Waals surface area contributed by atoms with Gasteiger partial charge in [-0.2, -0.15) is 0 Å². The summed E-state index contributed by atoms with van der Waals surface area (Å²) in [7, 11) is 0. The minimum atomic E-state index is 0.583. The molecule has 0 aromatic heterocycles. The van der Waals surface area contributed by atoms with E-state index in [9.17, 15) is 0 Å². The standard InChI is InChI=1S/C12H16BrCl/c1-9(7-10(2)13)8-11-5-3-4-6-12(11)14/h3-6,9-10H,7-8H2,1-2H3. The van der Waals surface area contributed by atoms with Gasteiger partial charge >= 0.3 is 0 Å². The minimum Gasteiger partial charge on any atom is -0.0894 e. The fraction of sp³-hybridized carbons (Fsp3) is 0.500. The second kappa shape index (κ2) is 5.77. The Bertz CT molecular complexity index is 283. The zero-order valence-corrected chi connectivity index (χ0v) is 11.0. The lowest BCUT2D eigenvalue weighted by Gasteiger charge is -2.13. The molecule has 0 aliphatic carbocycles. The van der Waals surface area contributed by atoms with Crippen molar-refractivity contribution >= 4 is 27.5 Å². The fourth-order valence-corrected chi connectivity index (χ4v) is 2.53. The summed E-state index contributed by atoms with van der Waals surface area (Å²) in [6, 6.07) is 8.09. The molecule has 2 atom stereocenters. The summed E-state index contributed by atoms with van der Waals surface area (Å²) in [6.45, 7) is 4.45. The van der Waals surface area contributed by atoms with Crippen LogP contribution in [0.15, 0.2) is 24.3 Å². The van der Waals surface area contributed by atoms with Gasteiger partial charge in [0.2, 0.25) is 0 Å². The normalized spacial score (nSPS) is 15.1. The van der Waals surface area contributed by atoms with E-state index in [0.29, 0.717) is 10.7 Å². The number of halogens is 2. The van der Waals surface area contributed by atoms with Crippen LogP contribution in [0.5, 0.6) is 0 Å². The molecule has 0 fully saturated rings. The Kier molecular flexibility index (Phi) is 4.97. The van der Waals surface area contributed by atoms with Gasteiger partial charge in [-0.3, -0.25) is 0 Å². The molecule has 2 unspecified atom stereocenters. The van der Waals surface area contributed by atoms with Crippen LogP contribution in [0, 0.1) is 5.92 Å². The van der Waals surface area contributed by atoms with Crippen molar-refractivity contribution in [3.8, 4) is 0 Å². The van der Waals surface area contributed by atoms with Crippen LogP contribution in [-0.4, -0.2) is 4.83 Å². The topological polar surface area (TPSA) is 0 Å². The smallest absolute Gasteiger partial charge is 0.0438 e. The predicted octanol–water partition coefficient (Wildman–Crippen LogP) is 4.69. The molecule has 0 saturated heterocycles. The molecule has 0 aliphatic rings. The van der Waals surface area contributed by atoms with E-state index in [1.54, 1.807) is 0 Å². The maximum absolute atomic E-state index is 6.09. The third kappa shape index (κ3) is 4.02. The van der Waals surface area contributed by atoms with Crippen molar-refractivity contribution in [3.05, 3.63) is 34.9 Å². The first-order valence-electron chi connectivity index (χ1n) is 4.97. The maximum Gasteiger partial charge on any atom is 0.0438 e. The first kappa shape index (κ1) is 12.1. The third-order valence-electron chi connectivity index (χ3n) is 2.25. The van der Waals surface area contributed by atoms with Crippen molar-refractivity contribution in [1.29, 1.82) is 0 Å². The lowest BCUT2D eigenvalue weighted by molar-refractivity contribution is 0.533. The highest BCUT2D eigenvalue weighted by molar-refractivity contribution is 9.09. The maximum atomic E-state index is 6.09. The number of alkyl halides is 1. The summed E-state index contributed by atoms with van der Waals surface area (Å²) < 4.78 is 0. The molecule has 0 saturated carbocycles. The van der Waals surface area contributed by atoms with Gasteiger partial charge in [0, 0.05) is 9.85 Å². The molecule has 0 spiro atoms. The Morgan fingerprint density at radius 2 is 1.93 bits per heavy atom. The van der Waals surface area contributed by atoms with Crippen LogP contribution < -0.4 is 0 Å². The van der Waals surface area contributed by atoms with E-state index in [1.807, 2.05) is 18.2 Å². The lowest BCUT2D eigenvalue weighted by atomic mass is 9.97. The van der Waals surface area contributed by atoms with E-state index in [2.05, 4.69) is 35.8 Å². The molecule has 78 valence electrons. The molecule has 0 bridgehead atoms. The van der Waals surface area contributed by atoms with Crippen molar-refractivity contribution in [1.82, 2.24) is 0 Å². The Labute approximate surface area is 99.8 Å². The first-order chi connectivity index (χ1) is 6.59. The van der Waals surface area contributed by atoms with Crippen LogP contribution in [0.1, 0.15) is 25.8 Å². The highest BCUT2D eigenvalue weighted by atomic mass is 79.9. The highest BCUT2D eigenvalue weighted by Crippen LogP contribution is 2.22. The van der Waals surface area contributed by atoms with Crippen molar-refractivity contribution in [3.63, 3.8) is 0 Å². The van der Waals surface area contributed by atoms with Crippen LogP contribution in [0.25, 0.3) is 0 Å². The van der Waals surface area contributed by atoms with Crippen LogP contribution in [0.3, 0.4) is 0 Å². The number of rotatable bonds is 4. The predicted molar refractivity (Wildman–Crippen MR) is 67.3 cm³/mol. The Balaban J connectivity index is 2.56. The van der Waals surface area contributed by atoms with E-state index < -0.39 is 0 Å². The number of benzene rings is 1. The second-order valence-electron chi connectivity index (χ2n) is 3.92. The molecular weight excluding hydrogens is 259 g/mol. The minimum absolute atomic E-state index is 0.583. The fourth-order valence-electron chi connectivity index (χ4n) is 1.68. The molecule has 0 nitrogen and oxygen atoms in total. The first-order valence-corrected chi connectivity index (χ1v) is 6.26. The zero-order chi connectivity index (χ0) is 10.6. The molecule has 2 heteroatoms. The molecule has 0 aliphatic heterocycles. The second-order valence-corrected chi connectivity index (χ2v) is 5.89. The van der Waals surface area contributed by atoms with Crippen LogP contribution >= 0.6 is 27.5 Å². The Morgan fingerprint density at radius 1 is 1.29 bits per heavy atom. The van der Waals surface area contributed by atoms with E-state index in [-0.39, 0.29) is 0 Å². The van der Waals surface area contributed by atoms with Crippen LogP contribution in [0.4, 0.5) is 0 Å². The molecule has 1 aromatic rings. The third-order valence-corrected chi connectivity index (χ3v) is 3.00. The van der Waals surface area contributed by atoms with Gasteiger partial charge in [-0.15, -0.1) is 0 Å². The van der Waals surface area contributed by atoms with Crippen molar-refractivity contribution in [2.45, 2.75) is 31.5 Å². The molecule has 0 amide bonds. The highest BCUT2D eigenvalue weighted by Gasteiger charge is 2.08. The largest absolute Gasteiger partial charge is 0.0894 e. The SMILES string of the molecule is CC(Br)CC(C)Cc1ccccc1Cl. The molecular formula is C12H16BrCl. The average molecular weight is 276 g/mol. The van der Waals surface area contributed by atoms with Gasteiger partial charge in [0.15, 0.2) is 0 Å².